The van der Waals surface area contributed by atoms with Crippen LogP contribution in [0.3, 0.4) is 0 Å². The van der Waals surface area contributed by atoms with E-state index in [4.69, 9.17) is 0 Å². The molecular formula is C9H26ClN4P. The molecule has 1 rings (SSSR count). The fourth-order valence-electron chi connectivity index (χ4n) is 1.46. The van der Waals surface area contributed by atoms with Crippen LogP contribution < -0.4 is 22.8 Å². The Kier molecular flexibility index (Phi) is 13.2. The van der Waals surface area contributed by atoms with Gasteiger partial charge in [-0.2, -0.15) is 0 Å². The summed E-state index contributed by atoms with van der Waals surface area (Å²) < 4.78 is 0. The molecule has 0 aromatic carbocycles. The van der Waals surface area contributed by atoms with Crippen molar-refractivity contribution in [2.45, 2.75) is 20.1 Å². The van der Waals surface area contributed by atoms with Crippen LogP contribution in [0.1, 0.15) is 13.8 Å². The number of hydrogen-bond acceptors (Lipinski definition) is 3. The highest BCUT2D eigenvalue weighted by molar-refractivity contribution is 7.07. The van der Waals surface area contributed by atoms with E-state index in [0.29, 0.717) is 6.29 Å². The average Bonchev–Trinajstić information content (AvgIpc) is 2.48. The van der Waals surface area contributed by atoms with Crippen molar-refractivity contribution in [1.29, 1.82) is 0 Å². The minimum Gasteiger partial charge on any atom is -1.00 e. The van der Waals surface area contributed by atoms with Crippen LogP contribution >= 0.6 is 9.39 Å². The van der Waals surface area contributed by atoms with E-state index in [1.807, 2.05) is 0 Å². The number of nitrogens with two attached hydrogens (primary N) is 1. The number of rotatable bonds is 3. The summed E-state index contributed by atoms with van der Waals surface area (Å²) in [6.45, 7) is 8.76. The van der Waals surface area contributed by atoms with Crippen molar-refractivity contribution in [3.63, 3.8) is 0 Å². The summed E-state index contributed by atoms with van der Waals surface area (Å²) >= 11 is 0. The van der Waals surface area contributed by atoms with Crippen LogP contribution in [0, 0.1) is 0 Å². The molecule has 0 spiro atoms. The zero-order valence-electron chi connectivity index (χ0n) is 10.3. The first-order valence-electron chi connectivity index (χ1n) is 5.33. The summed E-state index contributed by atoms with van der Waals surface area (Å²) in [5.41, 5.74) is 0. The monoisotopic (exact) mass is 256 g/mol. The fraction of sp³-hybridized carbons (Fsp3) is 1.00. The van der Waals surface area contributed by atoms with Crippen LogP contribution in [0.25, 0.3) is 0 Å². The van der Waals surface area contributed by atoms with Gasteiger partial charge in [0.05, 0.1) is 9.39 Å². The molecule has 1 aliphatic heterocycles. The highest BCUT2D eigenvalue weighted by atomic mass is 35.5. The molecule has 1 unspecified atom stereocenters. The molecule has 4 nitrogen and oxygen atoms in total. The number of nitrogens with zero attached hydrogens (tertiary/aromatic N) is 2. The highest BCUT2D eigenvalue weighted by Crippen LogP contribution is 2.02. The molecule has 6 heteroatoms. The number of halogens is 1. The van der Waals surface area contributed by atoms with Gasteiger partial charge in [-0.25, -0.2) is 9.80 Å². The third-order valence-corrected chi connectivity index (χ3v) is 2.73. The third-order valence-electron chi connectivity index (χ3n) is 2.38. The number of hydrogen-bond donors (Lipinski definition) is 2. The lowest BCUT2D eigenvalue weighted by Gasteiger charge is -2.19. The van der Waals surface area contributed by atoms with Crippen molar-refractivity contribution in [3.05, 3.63) is 0 Å². The first-order valence-corrected chi connectivity index (χ1v) is 6.00. The maximum absolute atomic E-state index is 3.11. The van der Waals surface area contributed by atoms with Gasteiger partial charge in [0.15, 0.2) is 0 Å². The third kappa shape index (κ3) is 7.45. The molecule has 0 amide bonds. The molecule has 0 saturated carbocycles. The Morgan fingerprint density at radius 1 is 1.20 bits per heavy atom. The van der Waals surface area contributed by atoms with E-state index in [2.05, 4.69) is 57.5 Å². The van der Waals surface area contributed by atoms with Crippen LogP contribution in [0.2, 0.25) is 0 Å². The number of quaternary nitrogens is 1. The SMILES string of the molecule is CCNCC.CN1CCN(C)C1[NH2+]P.[Cl-]. The molecule has 0 aromatic heterocycles. The Balaban J connectivity index is 0. The molecule has 1 aliphatic rings. The fourth-order valence-corrected chi connectivity index (χ4v) is 2.05. The van der Waals surface area contributed by atoms with Crippen LogP contribution in [-0.4, -0.2) is 56.4 Å². The van der Waals surface area contributed by atoms with Crippen molar-refractivity contribution in [2.75, 3.05) is 40.3 Å². The Labute approximate surface area is 103 Å². The predicted molar refractivity (Wildman–Crippen MR) is 64.9 cm³/mol. The molecule has 15 heavy (non-hydrogen) atoms. The summed E-state index contributed by atoms with van der Waals surface area (Å²) in [6.07, 6.45) is 0.537. The molecule has 1 saturated heterocycles. The largest absolute Gasteiger partial charge is 1.00 e. The molecule has 0 radical (unpaired) electrons. The first kappa shape index (κ1) is 17.9. The van der Waals surface area contributed by atoms with Gasteiger partial charge in [-0.3, -0.25) is 0 Å². The average molecular weight is 257 g/mol. The number of nitrogens with one attached hydrogen (secondary N) is 1. The minimum absolute atomic E-state index is 0. The zero-order chi connectivity index (χ0) is 11.0. The van der Waals surface area contributed by atoms with E-state index in [1.54, 1.807) is 0 Å². The van der Waals surface area contributed by atoms with Crippen LogP contribution in [0.4, 0.5) is 0 Å². The smallest absolute Gasteiger partial charge is 0.202 e. The van der Waals surface area contributed by atoms with Crippen molar-refractivity contribution in [3.8, 4) is 0 Å². The quantitative estimate of drug-likeness (QED) is 0.507. The lowest BCUT2D eigenvalue weighted by Crippen LogP contribution is -3.00. The summed E-state index contributed by atoms with van der Waals surface area (Å²) in [5.74, 6) is 0. The van der Waals surface area contributed by atoms with E-state index < -0.39 is 0 Å². The van der Waals surface area contributed by atoms with Crippen LogP contribution in [0.5, 0.6) is 0 Å². The van der Waals surface area contributed by atoms with Gasteiger partial charge in [-0.15, -0.1) is 0 Å². The maximum atomic E-state index is 3.11. The molecule has 1 atom stereocenters. The maximum Gasteiger partial charge on any atom is 0.202 e. The minimum atomic E-state index is 0. The van der Waals surface area contributed by atoms with Gasteiger partial charge in [0, 0.05) is 13.1 Å². The summed E-state index contributed by atoms with van der Waals surface area (Å²) in [5, 5.41) is 5.26. The Morgan fingerprint density at radius 2 is 1.60 bits per heavy atom. The lowest BCUT2D eigenvalue weighted by molar-refractivity contribution is -0.578. The van der Waals surface area contributed by atoms with Crippen LogP contribution in [0.15, 0.2) is 0 Å². The van der Waals surface area contributed by atoms with Crippen molar-refractivity contribution in [1.82, 2.24) is 15.1 Å². The van der Waals surface area contributed by atoms with Gasteiger partial charge < -0.3 is 22.8 Å². The highest BCUT2D eigenvalue weighted by Gasteiger charge is 2.27. The second-order valence-electron chi connectivity index (χ2n) is 3.52. The molecule has 1 fully saturated rings. The Bertz CT molecular complexity index is 127. The molecule has 0 bridgehead atoms. The van der Waals surface area contributed by atoms with Crippen molar-refractivity contribution >= 4 is 9.39 Å². The van der Waals surface area contributed by atoms with E-state index in [-0.39, 0.29) is 12.4 Å². The summed E-state index contributed by atoms with van der Waals surface area (Å²) in [4.78, 5) is 4.65. The topological polar surface area (TPSA) is 35.1 Å². The molecule has 3 N–H and O–H groups in total. The first-order chi connectivity index (χ1) is 6.67. The van der Waals surface area contributed by atoms with E-state index in [0.717, 1.165) is 13.1 Å². The Hall–Kier alpha value is 0.560. The lowest BCUT2D eigenvalue weighted by atomic mass is 10.6. The van der Waals surface area contributed by atoms with Gasteiger partial charge in [-0.1, -0.05) is 13.8 Å². The van der Waals surface area contributed by atoms with Crippen molar-refractivity contribution in [2.24, 2.45) is 0 Å². The molecule has 0 aromatic rings. The van der Waals surface area contributed by atoms with Crippen LogP contribution in [-0.2, 0) is 0 Å². The van der Waals surface area contributed by atoms with Gasteiger partial charge in [-0.05, 0) is 27.2 Å². The predicted octanol–water partition coefficient (Wildman–Crippen LogP) is -3.88. The van der Waals surface area contributed by atoms with E-state index in [1.165, 1.54) is 13.1 Å². The summed E-state index contributed by atoms with van der Waals surface area (Å²) in [7, 11) is 6.96. The second kappa shape index (κ2) is 11.1. The molecule has 1 heterocycles. The van der Waals surface area contributed by atoms with E-state index in [9.17, 15) is 0 Å². The summed E-state index contributed by atoms with van der Waals surface area (Å²) in [6, 6.07) is 0. The van der Waals surface area contributed by atoms with E-state index >= 15 is 0 Å². The van der Waals surface area contributed by atoms with Gasteiger partial charge in [0.1, 0.15) is 0 Å². The number of likely N-dealkylation sites (N-methyl/N-ethyl adjacent to an activating group) is 2. The van der Waals surface area contributed by atoms with Gasteiger partial charge in [0.2, 0.25) is 6.29 Å². The molecule has 0 aliphatic carbocycles. The second-order valence-corrected chi connectivity index (χ2v) is 3.91. The molecular weight excluding hydrogens is 231 g/mol. The van der Waals surface area contributed by atoms with Crippen molar-refractivity contribution < 1.29 is 17.5 Å². The normalized spacial score (nSPS) is 18.2. The standard InChI is InChI=1S/C5H14N3P.C4H11N.ClH/c1-7-3-4-8(2)5(7)6-9;1-3-5-4-2;/h5-6H,3-4,9H2,1-2H3;5H,3-4H2,1-2H3;1H. The van der Waals surface area contributed by atoms with Gasteiger partial charge >= 0.3 is 0 Å². The molecule has 94 valence electrons. The zero-order valence-corrected chi connectivity index (χ0v) is 12.2. The Morgan fingerprint density at radius 3 is 1.73 bits per heavy atom. The van der Waals surface area contributed by atoms with Gasteiger partial charge in [0.25, 0.3) is 0 Å².